The Morgan fingerprint density at radius 2 is 2.42 bits per heavy atom. The van der Waals surface area contributed by atoms with Crippen molar-refractivity contribution in [1.82, 2.24) is 0 Å². The summed E-state index contributed by atoms with van der Waals surface area (Å²) in [5, 5.41) is 8.52. The molecule has 2 heteroatoms. The van der Waals surface area contributed by atoms with Crippen molar-refractivity contribution >= 4 is 5.57 Å². The molecule has 0 radical (unpaired) electrons. The fourth-order valence-electron chi connectivity index (χ4n) is 1.62. The largest absolute Gasteiger partial charge is 0.469 e. The zero-order chi connectivity index (χ0) is 8.39. The molecule has 0 fully saturated rings. The van der Waals surface area contributed by atoms with Crippen LogP contribution >= 0.6 is 0 Å². The van der Waals surface area contributed by atoms with Crippen molar-refractivity contribution in [3.63, 3.8) is 0 Å². The van der Waals surface area contributed by atoms with E-state index in [4.69, 9.17) is 9.68 Å². The molecule has 1 aliphatic rings. The summed E-state index contributed by atoms with van der Waals surface area (Å²) < 4.78 is 5.28. The number of hydrogen-bond acceptors (Lipinski definition) is 2. The van der Waals surface area contributed by atoms with Crippen LogP contribution in [0, 0.1) is 11.3 Å². The molecule has 0 N–H and O–H groups in total. The third-order valence-electron chi connectivity index (χ3n) is 2.18. The molecule has 1 aromatic rings. The highest BCUT2D eigenvalue weighted by Gasteiger charge is 2.15. The number of hydrogen-bond donors (Lipinski definition) is 0. The number of fused-ring (bicyclic) bond motifs is 1. The van der Waals surface area contributed by atoms with Gasteiger partial charge in [0.05, 0.1) is 12.3 Å². The van der Waals surface area contributed by atoms with Crippen LogP contribution < -0.4 is 0 Å². The second-order valence-corrected chi connectivity index (χ2v) is 2.91. The Bertz CT molecular complexity index is 354. The highest BCUT2D eigenvalue weighted by molar-refractivity contribution is 5.70. The normalized spacial score (nSPS) is 18.8. The highest BCUT2D eigenvalue weighted by atomic mass is 16.3. The molecule has 12 heavy (non-hydrogen) atoms. The summed E-state index contributed by atoms with van der Waals surface area (Å²) in [7, 11) is 0. The molecule has 0 unspecified atom stereocenters. The van der Waals surface area contributed by atoms with Crippen molar-refractivity contribution in [1.29, 1.82) is 5.26 Å². The number of nitrogens with zero attached hydrogens (tertiary/aromatic N) is 1. The van der Waals surface area contributed by atoms with Crippen LogP contribution in [-0.2, 0) is 6.42 Å². The fourth-order valence-corrected chi connectivity index (χ4v) is 1.62. The highest BCUT2D eigenvalue weighted by Crippen LogP contribution is 2.30. The van der Waals surface area contributed by atoms with E-state index in [0.29, 0.717) is 0 Å². The zero-order valence-corrected chi connectivity index (χ0v) is 6.71. The average molecular weight is 159 g/mol. The van der Waals surface area contributed by atoms with E-state index in [9.17, 15) is 0 Å². The van der Waals surface area contributed by atoms with Gasteiger partial charge in [0.2, 0.25) is 0 Å². The van der Waals surface area contributed by atoms with Gasteiger partial charge in [-0.1, -0.05) is 0 Å². The molecule has 0 atom stereocenters. The second-order valence-electron chi connectivity index (χ2n) is 2.91. The van der Waals surface area contributed by atoms with Gasteiger partial charge >= 0.3 is 0 Å². The standard InChI is InChI=1S/C10H9NO/c11-6-4-8-2-1-3-10-9(8)5-7-12-10/h4-5,7H,1-3H2/b8-4-. The van der Waals surface area contributed by atoms with Gasteiger partial charge in [-0.05, 0) is 24.5 Å². The van der Waals surface area contributed by atoms with Crippen molar-refractivity contribution in [2.75, 3.05) is 0 Å². The Morgan fingerprint density at radius 3 is 3.25 bits per heavy atom. The van der Waals surface area contributed by atoms with Crippen LogP contribution in [0.3, 0.4) is 0 Å². The van der Waals surface area contributed by atoms with Crippen LogP contribution in [0.5, 0.6) is 0 Å². The minimum atomic E-state index is 1.00. The van der Waals surface area contributed by atoms with Crippen LogP contribution in [0.15, 0.2) is 22.8 Å². The van der Waals surface area contributed by atoms with E-state index >= 15 is 0 Å². The minimum Gasteiger partial charge on any atom is -0.469 e. The molecular weight excluding hydrogens is 150 g/mol. The number of rotatable bonds is 0. The first-order chi connectivity index (χ1) is 5.92. The van der Waals surface area contributed by atoms with Gasteiger partial charge in [0.1, 0.15) is 5.76 Å². The van der Waals surface area contributed by atoms with E-state index in [-0.39, 0.29) is 0 Å². The monoisotopic (exact) mass is 159 g/mol. The molecular formula is C10H9NO. The maximum Gasteiger partial charge on any atom is 0.111 e. The molecule has 1 heterocycles. The van der Waals surface area contributed by atoms with Crippen LogP contribution in [-0.4, -0.2) is 0 Å². The summed E-state index contributed by atoms with van der Waals surface area (Å²) in [5.41, 5.74) is 2.25. The van der Waals surface area contributed by atoms with Crippen molar-refractivity contribution in [2.24, 2.45) is 0 Å². The summed E-state index contributed by atoms with van der Waals surface area (Å²) in [6.07, 6.45) is 6.41. The van der Waals surface area contributed by atoms with Crippen molar-refractivity contribution < 1.29 is 4.42 Å². The first-order valence-corrected chi connectivity index (χ1v) is 4.07. The van der Waals surface area contributed by atoms with Crippen LogP contribution in [0.25, 0.3) is 5.57 Å². The third-order valence-corrected chi connectivity index (χ3v) is 2.18. The lowest BCUT2D eigenvalue weighted by atomic mass is 9.93. The predicted octanol–water partition coefficient (Wildman–Crippen LogP) is 2.52. The molecule has 0 aliphatic heterocycles. The maximum atomic E-state index is 8.52. The predicted molar refractivity (Wildman–Crippen MR) is 45.2 cm³/mol. The number of allylic oxidation sites excluding steroid dienone is 2. The lowest BCUT2D eigenvalue weighted by Crippen LogP contribution is -1.97. The maximum absolute atomic E-state index is 8.52. The van der Waals surface area contributed by atoms with Gasteiger partial charge in [-0.15, -0.1) is 0 Å². The van der Waals surface area contributed by atoms with Gasteiger partial charge in [-0.25, -0.2) is 0 Å². The van der Waals surface area contributed by atoms with E-state index < -0.39 is 0 Å². The van der Waals surface area contributed by atoms with E-state index in [0.717, 1.165) is 36.2 Å². The summed E-state index contributed by atoms with van der Waals surface area (Å²) in [4.78, 5) is 0. The molecule has 60 valence electrons. The molecule has 0 bridgehead atoms. The Hall–Kier alpha value is -1.49. The fraction of sp³-hybridized carbons (Fsp3) is 0.300. The summed E-state index contributed by atoms with van der Waals surface area (Å²) in [5.74, 6) is 1.03. The molecule has 2 rings (SSSR count). The van der Waals surface area contributed by atoms with Gasteiger partial charge in [0.15, 0.2) is 0 Å². The lowest BCUT2D eigenvalue weighted by Gasteiger charge is -2.11. The molecule has 0 amide bonds. The Kier molecular flexibility index (Phi) is 1.71. The van der Waals surface area contributed by atoms with Crippen molar-refractivity contribution in [3.05, 3.63) is 29.7 Å². The first-order valence-electron chi connectivity index (χ1n) is 4.07. The molecule has 2 nitrogen and oxygen atoms in total. The summed E-state index contributed by atoms with van der Waals surface area (Å²) >= 11 is 0. The lowest BCUT2D eigenvalue weighted by molar-refractivity contribution is 0.497. The molecule has 1 aliphatic carbocycles. The Balaban J connectivity index is 2.46. The summed E-state index contributed by atoms with van der Waals surface area (Å²) in [6, 6.07) is 4.01. The van der Waals surface area contributed by atoms with Crippen LogP contribution in [0.4, 0.5) is 0 Å². The number of nitriles is 1. The van der Waals surface area contributed by atoms with Crippen LogP contribution in [0.1, 0.15) is 24.2 Å². The van der Waals surface area contributed by atoms with E-state index in [1.807, 2.05) is 6.07 Å². The third kappa shape index (κ3) is 1.04. The minimum absolute atomic E-state index is 1.00. The number of furan rings is 1. The van der Waals surface area contributed by atoms with Crippen LogP contribution in [0.2, 0.25) is 0 Å². The van der Waals surface area contributed by atoms with Gasteiger partial charge in [-0.2, -0.15) is 5.26 Å². The van der Waals surface area contributed by atoms with Gasteiger partial charge in [-0.3, -0.25) is 0 Å². The molecule has 1 aromatic heterocycles. The van der Waals surface area contributed by atoms with Gasteiger partial charge in [0, 0.05) is 18.1 Å². The summed E-state index contributed by atoms with van der Waals surface area (Å²) in [6.45, 7) is 0. The zero-order valence-electron chi connectivity index (χ0n) is 6.71. The average Bonchev–Trinajstić information content (AvgIpc) is 2.53. The molecule has 0 saturated carbocycles. The van der Waals surface area contributed by atoms with Crippen molar-refractivity contribution in [3.8, 4) is 6.07 Å². The Morgan fingerprint density at radius 1 is 1.50 bits per heavy atom. The van der Waals surface area contributed by atoms with Crippen molar-refractivity contribution in [2.45, 2.75) is 19.3 Å². The van der Waals surface area contributed by atoms with Gasteiger partial charge < -0.3 is 4.42 Å². The first kappa shape index (κ1) is 7.17. The van der Waals surface area contributed by atoms with E-state index in [1.54, 1.807) is 12.3 Å². The van der Waals surface area contributed by atoms with E-state index in [2.05, 4.69) is 6.07 Å². The topological polar surface area (TPSA) is 36.9 Å². The quantitative estimate of drug-likeness (QED) is 0.545. The molecule has 0 spiro atoms. The smallest absolute Gasteiger partial charge is 0.111 e. The molecule has 0 saturated heterocycles. The molecule has 0 aromatic carbocycles. The SMILES string of the molecule is N#C/C=C1/CCCc2occc21. The second kappa shape index (κ2) is 2.86. The number of aryl methyl sites for hydroxylation is 1. The van der Waals surface area contributed by atoms with Gasteiger partial charge in [0.25, 0.3) is 0 Å². The Labute approximate surface area is 71.1 Å². The van der Waals surface area contributed by atoms with E-state index in [1.165, 1.54) is 0 Å².